The van der Waals surface area contributed by atoms with E-state index in [4.69, 9.17) is 0 Å². The van der Waals surface area contributed by atoms with Crippen LogP contribution >= 0.6 is 0 Å². The minimum Gasteiger partial charge on any atom is -0.310 e. The maximum absolute atomic E-state index is 2.39. The lowest BCUT2D eigenvalue weighted by atomic mass is 9.82. The molecule has 0 bridgehead atoms. The number of benzene rings is 2. The SMILES string of the molecule is C/C=C\c1c(CC)c2c(n1-c1ccccc1)C=CC(C)(c1ccccc1)C=C2. The maximum atomic E-state index is 2.39. The van der Waals surface area contributed by atoms with E-state index in [1.54, 1.807) is 0 Å². The molecule has 0 amide bonds. The average Bonchev–Trinajstić information content (AvgIpc) is 2.93. The van der Waals surface area contributed by atoms with Gasteiger partial charge in [-0.1, -0.05) is 79.8 Å². The van der Waals surface area contributed by atoms with Crippen molar-refractivity contribution in [3.05, 3.63) is 107 Å². The summed E-state index contributed by atoms with van der Waals surface area (Å²) in [6, 6.07) is 21.4. The summed E-state index contributed by atoms with van der Waals surface area (Å²) in [5.41, 5.74) is 7.66. The lowest BCUT2D eigenvalue weighted by Crippen LogP contribution is -2.14. The zero-order valence-electron chi connectivity index (χ0n) is 16.9. The van der Waals surface area contributed by atoms with E-state index < -0.39 is 0 Å². The largest absolute Gasteiger partial charge is 0.310 e. The fraction of sp³-hybridized carbons (Fsp3) is 0.185. The lowest BCUT2D eigenvalue weighted by Gasteiger charge is -2.22. The molecule has 2 aromatic carbocycles. The standard InChI is InChI=1S/C27H27N/c1-4-12-25-23(5-2)24-17-19-27(3,21-13-8-6-9-14-21)20-18-26(24)28(25)22-15-10-7-11-16-22/h4,6-20H,5H2,1-3H3/b12-4-. The molecular formula is C27H27N. The van der Waals surface area contributed by atoms with Crippen LogP contribution in [-0.2, 0) is 11.8 Å². The van der Waals surface area contributed by atoms with Gasteiger partial charge in [0.15, 0.2) is 0 Å². The Balaban J connectivity index is 1.95. The molecule has 1 atom stereocenters. The van der Waals surface area contributed by atoms with Gasteiger partial charge in [0.05, 0.1) is 5.69 Å². The van der Waals surface area contributed by atoms with E-state index in [1.165, 1.54) is 33.8 Å². The third-order valence-electron chi connectivity index (χ3n) is 5.66. The topological polar surface area (TPSA) is 4.93 Å². The Morgan fingerprint density at radius 3 is 2.18 bits per heavy atom. The second-order valence-electron chi connectivity index (χ2n) is 7.50. The molecule has 4 rings (SSSR count). The van der Waals surface area contributed by atoms with E-state index in [2.05, 4.69) is 122 Å². The molecule has 1 aliphatic carbocycles. The van der Waals surface area contributed by atoms with Gasteiger partial charge in [-0.15, -0.1) is 0 Å². The predicted octanol–water partition coefficient (Wildman–Crippen LogP) is 7.07. The normalized spacial score (nSPS) is 18.4. The number of hydrogen-bond donors (Lipinski definition) is 0. The molecule has 0 aliphatic heterocycles. The van der Waals surface area contributed by atoms with Crippen LogP contribution in [0.3, 0.4) is 0 Å². The Labute approximate surface area is 168 Å². The fourth-order valence-electron chi connectivity index (χ4n) is 4.14. The van der Waals surface area contributed by atoms with Crippen molar-refractivity contribution in [2.24, 2.45) is 0 Å². The predicted molar refractivity (Wildman–Crippen MR) is 122 cm³/mol. The van der Waals surface area contributed by atoms with Crippen molar-refractivity contribution in [2.45, 2.75) is 32.6 Å². The number of aromatic nitrogens is 1. The van der Waals surface area contributed by atoms with Gasteiger partial charge in [-0.2, -0.15) is 0 Å². The molecule has 1 nitrogen and oxygen atoms in total. The van der Waals surface area contributed by atoms with Gasteiger partial charge in [0.2, 0.25) is 0 Å². The van der Waals surface area contributed by atoms with E-state index in [9.17, 15) is 0 Å². The molecule has 1 aliphatic rings. The highest BCUT2D eigenvalue weighted by Crippen LogP contribution is 2.37. The Hall–Kier alpha value is -3.06. The van der Waals surface area contributed by atoms with Crippen LogP contribution in [0.5, 0.6) is 0 Å². The van der Waals surface area contributed by atoms with E-state index >= 15 is 0 Å². The van der Waals surface area contributed by atoms with E-state index in [1.807, 2.05) is 0 Å². The van der Waals surface area contributed by atoms with Crippen molar-refractivity contribution in [3.63, 3.8) is 0 Å². The number of para-hydroxylation sites is 1. The molecule has 3 aromatic rings. The Morgan fingerprint density at radius 2 is 1.54 bits per heavy atom. The van der Waals surface area contributed by atoms with Gasteiger partial charge in [-0.3, -0.25) is 0 Å². The first-order valence-corrected chi connectivity index (χ1v) is 10.1. The van der Waals surface area contributed by atoms with Crippen molar-refractivity contribution in [2.75, 3.05) is 0 Å². The molecular weight excluding hydrogens is 338 g/mol. The second kappa shape index (κ2) is 7.52. The first-order valence-electron chi connectivity index (χ1n) is 10.1. The molecule has 0 radical (unpaired) electrons. The van der Waals surface area contributed by atoms with Gasteiger partial charge in [-0.05, 0) is 55.7 Å². The Bertz CT molecular complexity index is 1050. The Morgan fingerprint density at radius 1 is 0.893 bits per heavy atom. The summed E-state index contributed by atoms with van der Waals surface area (Å²) >= 11 is 0. The summed E-state index contributed by atoms with van der Waals surface area (Å²) in [7, 11) is 0. The first kappa shape index (κ1) is 18.3. The van der Waals surface area contributed by atoms with Crippen LogP contribution in [0.4, 0.5) is 0 Å². The molecule has 28 heavy (non-hydrogen) atoms. The van der Waals surface area contributed by atoms with E-state index in [-0.39, 0.29) is 5.41 Å². The molecule has 140 valence electrons. The van der Waals surface area contributed by atoms with Crippen molar-refractivity contribution in [1.82, 2.24) is 4.57 Å². The van der Waals surface area contributed by atoms with Crippen molar-refractivity contribution < 1.29 is 0 Å². The molecule has 1 heteroatoms. The van der Waals surface area contributed by atoms with Crippen LogP contribution in [0.15, 0.2) is 78.9 Å². The smallest absolute Gasteiger partial charge is 0.0534 e. The van der Waals surface area contributed by atoms with Crippen LogP contribution in [-0.4, -0.2) is 4.57 Å². The number of allylic oxidation sites excluding steroid dienone is 3. The quantitative estimate of drug-likeness (QED) is 0.466. The minimum atomic E-state index is -0.117. The van der Waals surface area contributed by atoms with Gasteiger partial charge in [0, 0.05) is 22.4 Å². The molecule has 0 spiro atoms. The van der Waals surface area contributed by atoms with Crippen molar-refractivity contribution in [1.29, 1.82) is 0 Å². The highest BCUT2D eigenvalue weighted by molar-refractivity contribution is 5.77. The molecule has 0 saturated heterocycles. The molecule has 0 fully saturated rings. The highest BCUT2D eigenvalue weighted by atomic mass is 15.0. The van der Waals surface area contributed by atoms with Crippen LogP contribution in [0.2, 0.25) is 0 Å². The summed E-state index contributed by atoms with van der Waals surface area (Å²) in [5, 5.41) is 0. The molecule has 0 saturated carbocycles. The highest BCUT2D eigenvalue weighted by Gasteiger charge is 2.25. The van der Waals surface area contributed by atoms with Crippen molar-refractivity contribution in [3.8, 4) is 5.69 Å². The Kier molecular flexibility index (Phi) is 4.92. The van der Waals surface area contributed by atoms with Crippen LogP contribution in [0.25, 0.3) is 23.9 Å². The number of nitrogens with zero attached hydrogens (tertiary/aromatic N) is 1. The zero-order valence-corrected chi connectivity index (χ0v) is 16.9. The summed E-state index contributed by atoms with van der Waals surface area (Å²) in [4.78, 5) is 0. The third-order valence-corrected chi connectivity index (χ3v) is 5.66. The monoisotopic (exact) mass is 365 g/mol. The number of fused-ring (bicyclic) bond motifs is 1. The number of hydrogen-bond acceptors (Lipinski definition) is 0. The van der Waals surface area contributed by atoms with Crippen LogP contribution in [0, 0.1) is 0 Å². The van der Waals surface area contributed by atoms with E-state index in [0.717, 1.165) is 6.42 Å². The maximum Gasteiger partial charge on any atom is 0.0534 e. The van der Waals surface area contributed by atoms with Gasteiger partial charge < -0.3 is 4.57 Å². The summed E-state index contributed by atoms with van der Waals surface area (Å²) in [6.45, 7) is 6.62. The summed E-state index contributed by atoms with van der Waals surface area (Å²) in [6.07, 6.45) is 14.7. The van der Waals surface area contributed by atoms with Gasteiger partial charge in [-0.25, -0.2) is 0 Å². The summed E-state index contributed by atoms with van der Waals surface area (Å²) < 4.78 is 2.39. The molecule has 1 unspecified atom stereocenters. The minimum absolute atomic E-state index is 0.117. The third kappa shape index (κ3) is 3.07. The second-order valence-corrected chi connectivity index (χ2v) is 7.50. The van der Waals surface area contributed by atoms with Crippen molar-refractivity contribution >= 4 is 18.2 Å². The fourth-order valence-corrected chi connectivity index (χ4v) is 4.14. The van der Waals surface area contributed by atoms with Crippen LogP contribution < -0.4 is 0 Å². The number of rotatable bonds is 4. The van der Waals surface area contributed by atoms with Gasteiger partial charge >= 0.3 is 0 Å². The van der Waals surface area contributed by atoms with Crippen LogP contribution in [0.1, 0.15) is 48.8 Å². The average molecular weight is 366 g/mol. The molecule has 1 heterocycles. The van der Waals surface area contributed by atoms with Gasteiger partial charge in [0.25, 0.3) is 0 Å². The van der Waals surface area contributed by atoms with E-state index in [0.29, 0.717) is 0 Å². The molecule has 1 aromatic heterocycles. The van der Waals surface area contributed by atoms with Gasteiger partial charge in [0.1, 0.15) is 0 Å². The summed E-state index contributed by atoms with van der Waals surface area (Å²) in [5.74, 6) is 0. The first-order chi connectivity index (χ1) is 13.7. The zero-order chi connectivity index (χ0) is 19.6. The lowest BCUT2D eigenvalue weighted by molar-refractivity contribution is 0.766. The molecule has 0 N–H and O–H groups in total.